The van der Waals surface area contributed by atoms with Crippen molar-refractivity contribution in [3.8, 4) is 0 Å². The minimum absolute atomic E-state index is 0.105. The summed E-state index contributed by atoms with van der Waals surface area (Å²) in [6, 6.07) is 0. The lowest BCUT2D eigenvalue weighted by Gasteiger charge is -2.25. The van der Waals surface area contributed by atoms with Crippen LogP contribution in [0.25, 0.3) is 0 Å². The maximum absolute atomic E-state index is 9.60. The second-order valence-electron chi connectivity index (χ2n) is 5.49. The first-order chi connectivity index (χ1) is 10.0. The summed E-state index contributed by atoms with van der Waals surface area (Å²) >= 11 is 0. The molecule has 0 aromatic carbocycles. The van der Waals surface area contributed by atoms with Crippen molar-refractivity contribution >= 4 is 0 Å². The third kappa shape index (κ3) is 10.2. The van der Waals surface area contributed by atoms with E-state index < -0.39 is 31.0 Å². The Morgan fingerprint density at radius 3 is 1.86 bits per heavy atom. The van der Waals surface area contributed by atoms with Crippen LogP contribution in [0.4, 0.5) is 0 Å². The molecule has 0 fully saturated rings. The molecule has 5 N–H and O–H groups in total. The van der Waals surface area contributed by atoms with Gasteiger partial charge in [-0.1, -0.05) is 45.4 Å². The highest BCUT2D eigenvalue weighted by Crippen LogP contribution is 2.08. The third-order valence-corrected chi connectivity index (χ3v) is 3.51. The zero-order valence-corrected chi connectivity index (χ0v) is 13.0. The molecule has 0 rings (SSSR count). The third-order valence-electron chi connectivity index (χ3n) is 3.51. The van der Waals surface area contributed by atoms with Crippen molar-refractivity contribution in [2.45, 2.75) is 76.3 Å². The minimum atomic E-state index is -1.59. The lowest BCUT2D eigenvalue weighted by atomic mass is 10.0. The van der Waals surface area contributed by atoms with Gasteiger partial charge in [-0.3, -0.25) is 0 Å². The van der Waals surface area contributed by atoms with Crippen molar-refractivity contribution in [3.05, 3.63) is 0 Å². The Morgan fingerprint density at radius 1 is 0.762 bits per heavy atom. The van der Waals surface area contributed by atoms with Crippen molar-refractivity contribution < 1.29 is 30.3 Å². The van der Waals surface area contributed by atoms with Crippen LogP contribution in [0.3, 0.4) is 0 Å². The highest BCUT2D eigenvalue weighted by molar-refractivity contribution is 4.80. The maximum atomic E-state index is 9.60. The largest absolute Gasteiger partial charge is 0.394 e. The Morgan fingerprint density at radius 2 is 1.29 bits per heavy atom. The van der Waals surface area contributed by atoms with Crippen LogP contribution in [0, 0.1) is 0 Å². The number of unbranched alkanes of at least 4 members (excludes halogenated alkanes) is 6. The van der Waals surface area contributed by atoms with Crippen molar-refractivity contribution in [2.75, 3.05) is 19.8 Å². The van der Waals surface area contributed by atoms with Gasteiger partial charge in [0.25, 0.3) is 0 Å². The highest BCUT2D eigenvalue weighted by atomic mass is 16.5. The molecular formula is C15H32O6. The van der Waals surface area contributed by atoms with Crippen molar-refractivity contribution in [1.82, 2.24) is 0 Å². The van der Waals surface area contributed by atoms with Crippen LogP contribution in [-0.4, -0.2) is 69.8 Å². The summed E-state index contributed by atoms with van der Waals surface area (Å²) in [6.07, 6.45) is 2.29. The fraction of sp³-hybridized carbons (Fsp3) is 1.00. The average molecular weight is 308 g/mol. The van der Waals surface area contributed by atoms with Gasteiger partial charge in [-0.05, 0) is 6.42 Å². The van der Waals surface area contributed by atoms with Crippen molar-refractivity contribution in [2.24, 2.45) is 0 Å². The van der Waals surface area contributed by atoms with Crippen molar-refractivity contribution in [1.29, 1.82) is 0 Å². The van der Waals surface area contributed by atoms with E-state index in [9.17, 15) is 15.3 Å². The first-order valence-corrected chi connectivity index (χ1v) is 7.95. The van der Waals surface area contributed by atoms with E-state index in [2.05, 4.69) is 6.92 Å². The molecule has 128 valence electrons. The molecule has 0 amide bonds. The van der Waals surface area contributed by atoms with E-state index in [0.717, 1.165) is 12.8 Å². The van der Waals surface area contributed by atoms with E-state index in [1.54, 1.807) is 0 Å². The molecule has 0 saturated heterocycles. The van der Waals surface area contributed by atoms with Crippen LogP contribution in [0.15, 0.2) is 0 Å². The summed E-state index contributed by atoms with van der Waals surface area (Å²) in [6.45, 7) is 1.90. The van der Waals surface area contributed by atoms with E-state index in [0.29, 0.717) is 6.61 Å². The smallest absolute Gasteiger partial charge is 0.111 e. The summed E-state index contributed by atoms with van der Waals surface area (Å²) < 4.78 is 5.24. The van der Waals surface area contributed by atoms with Gasteiger partial charge in [0.05, 0.1) is 13.2 Å². The van der Waals surface area contributed by atoms with Crippen LogP contribution in [-0.2, 0) is 4.74 Å². The van der Waals surface area contributed by atoms with Crippen LogP contribution >= 0.6 is 0 Å². The summed E-state index contributed by atoms with van der Waals surface area (Å²) in [5.41, 5.74) is 0. The number of aliphatic hydroxyl groups is 5. The molecule has 0 heterocycles. The Bertz CT molecular complexity index is 226. The number of hydrogen-bond donors (Lipinski definition) is 5. The van der Waals surface area contributed by atoms with E-state index in [1.807, 2.05) is 0 Å². The lowest BCUT2D eigenvalue weighted by Crippen LogP contribution is -2.47. The van der Waals surface area contributed by atoms with Gasteiger partial charge in [-0.25, -0.2) is 0 Å². The van der Waals surface area contributed by atoms with Crippen LogP contribution in [0.1, 0.15) is 51.9 Å². The quantitative estimate of drug-likeness (QED) is 0.293. The van der Waals surface area contributed by atoms with Gasteiger partial charge in [0.1, 0.15) is 24.4 Å². The zero-order chi connectivity index (χ0) is 16.1. The molecule has 0 aliphatic carbocycles. The molecule has 0 aromatic heterocycles. The molecule has 6 heteroatoms. The van der Waals surface area contributed by atoms with Crippen molar-refractivity contribution in [3.63, 3.8) is 0 Å². The van der Waals surface area contributed by atoms with Crippen LogP contribution in [0.2, 0.25) is 0 Å². The molecule has 0 aromatic rings. The predicted octanol–water partition coefficient (Wildman–Crippen LogP) is 0.190. The van der Waals surface area contributed by atoms with Gasteiger partial charge in [-0.15, -0.1) is 0 Å². The molecule has 0 radical (unpaired) electrons. The lowest BCUT2D eigenvalue weighted by molar-refractivity contribution is -0.129. The molecule has 0 bridgehead atoms. The fourth-order valence-electron chi connectivity index (χ4n) is 2.03. The molecule has 6 nitrogen and oxygen atoms in total. The van der Waals surface area contributed by atoms with E-state index in [1.165, 1.54) is 32.1 Å². The van der Waals surface area contributed by atoms with E-state index in [4.69, 9.17) is 14.9 Å². The molecular weight excluding hydrogens is 276 g/mol. The second-order valence-corrected chi connectivity index (χ2v) is 5.49. The van der Waals surface area contributed by atoms with Gasteiger partial charge >= 0.3 is 0 Å². The topological polar surface area (TPSA) is 110 Å². The van der Waals surface area contributed by atoms with Gasteiger partial charge < -0.3 is 30.3 Å². The highest BCUT2D eigenvalue weighted by Gasteiger charge is 2.29. The Kier molecular flexibility index (Phi) is 13.3. The second kappa shape index (κ2) is 13.4. The normalized spacial score (nSPS) is 17.4. The number of aliphatic hydroxyl groups excluding tert-OH is 5. The monoisotopic (exact) mass is 308 g/mol. The van der Waals surface area contributed by atoms with Crippen LogP contribution in [0.5, 0.6) is 0 Å². The fourth-order valence-corrected chi connectivity index (χ4v) is 2.03. The van der Waals surface area contributed by atoms with Gasteiger partial charge in [-0.2, -0.15) is 0 Å². The Labute approximate surface area is 127 Å². The molecule has 4 atom stereocenters. The molecule has 0 spiro atoms. The van der Waals surface area contributed by atoms with E-state index >= 15 is 0 Å². The molecule has 0 aliphatic heterocycles. The Hall–Kier alpha value is -0.240. The van der Waals surface area contributed by atoms with Gasteiger partial charge in [0, 0.05) is 6.61 Å². The van der Waals surface area contributed by atoms with Gasteiger partial charge in [0.15, 0.2) is 0 Å². The summed E-state index contributed by atoms with van der Waals surface area (Å²) in [7, 11) is 0. The summed E-state index contributed by atoms with van der Waals surface area (Å²) in [4.78, 5) is 0. The standard InChI is InChI=1S/C15H32O6/c1-2-3-4-5-6-7-8-9-21-11-13(18)15(20)14(19)12(17)10-16/h12-20H,2-11H2,1H3/t12-,13+,14+,15+/m0/s1. The predicted molar refractivity (Wildman–Crippen MR) is 79.9 cm³/mol. The zero-order valence-electron chi connectivity index (χ0n) is 13.0. The summed E-state index contributed by atoms with van der Waals surface area (Å²) in [5, 5.41) is 46.4. The number of hydrogen-bond acceptors (Lipinski definition) is 6. The molecule has 0 saturated carbocycles. The summed E-state index contributed by atoms with van der Waals surface area (Å²) in [5.74, 6) is 0. The van der Waals surface area contributed by atoms with Gasteiger partial charge in [0.2, 0.25) is 0 Å². The SMILES string of the molecule is CCCCCCCCCOC[C@@H](O)[C@@H](O)[C@H](O)[C@@H](O)CO. The Balaban J connectivity index is 3.54. The first kappa shape index (κ1) is 20.8. The minimum Gasteiger partial charge on any atom is -0.394 e. The maximum Gasteiger partial charge on any atom is 0.111 e. The number of rotatable bonds is 14. The number of ether oxygens (including phenoxy) is 1. The first-order valence-electron chi connectivity index (χ1n) is 7.95. The van der Waals surface area contributed by atoms with E-state index in [-0.39, 0.29) is 6.61 Å². The average Bonchev–Trinajstić information content (AvgIpc) is 2.50. The molecule has 0 unspecified atom stereocenters. The molecule has 0 aliphatic rings. The van der Waals surface area contributed by atoms with Crippen LogP contribution < -0.4 is 0 Å². The molecule has 21 heavy (non-hydrogen) atoms.